The third kappa shape index (κ3) is 2.06. The van der Waals surface area contributed by atoms with Gasteiger partial charge in [-0.05, 0) is 18.2 Å². The molecule has 0 bridgehead atoms. The van der Waals surface area contributed by atoms with Gasteiger partial charge in [0.2, 0.25) is 0 Å². The van der Waals surface area contributed by atoms with E-state index in [1.165, 1.54) is 11.3 Å². The Morgan fingerprint density at radius 1 is 1.18 bits per heavy atom. The van der Waals surface area contributed by atoms with Gasteiger partial charge < -0.3 is 15.2 Å². The van der Waals surface area contributed by atoms with E-state index in [0.717, 1.165) is 28.5 Å². The molecule has 0 unspecified atom stereocenters. The lowest BCUT2D eigenvalue weighted by molar-refractivity contribution is 0.297. The predicted octanol–water partition coefficient (Wildman–Crippen LogP) is 2.55. The molecule has 2 N–H and O–H groups in total. The SMILES string of the molecule is Nc1csc(-c2ccc3c(c2)OCCCO3)n1. The zero-order chi connectivity index (χ0) is 11.7. The largest absolute Gasteiger partial charge is 0.490 e. The van der Waals surface area contributed by atoms with Crippen molar-refractivity contribution < 1.29 is 9.47 Å². The highest BCUT2D eigenvalue weighted by Crippen LogP contribution is 2.35. The van der Waals surface area contributed by atoms with Crippen molar-refractivity contribution in [3.8, 4) is 22.1 Å². The molecular weight excluding hydrogens is 236 g/mol. The molecule has 1 aliphatic rings. The lowest BCUT2D eigenvalue weighted by Crippen LogP contribution is -1.97. The Labute approximate surface area is 103 Å². The van der Waals surface area contributed by atoms with E-state index in [1.807, 2.05) is 23.6 Å². The Balaban J connectivity index is 2.00. The maximum absolute atomic E-state index is 5.64. The van der Waals surface area contributed by atoms with Crippen LogP contribution in [-0.4, -0.2) is 18.2 Å². The molecule has 0 saturated carbocycles. The second-order valence-corrected chi connectivity index (χ2v) is 4.65. The standard InChI is InChI=1S/C12H12N2O2S/c13-11-7-17-12(14-11)8-2-3-9-10(6-8)16-5-1-4-15-9/h2-3,6-7H,1,4-5,13H2. The van der Waals surface area contributed by atoms with Crippen LogP contribution in [0.15, 0.2) is 23.6 Å². The topological polar surface area (TPSA) is 57.4 Å². The summed E-state index contributed by atoms with van der Waals surface area (Å²) < 4.78 is 11.2. The fourth-order valence-corrected chi connectivity index (χ4v) is 2.42. The molecule has 1 aromatic carbocycles. The number of anilines is 1. The van der Waals surface area contributed by atoms with Crippen molar-refractivity contribution in [2.45, 2.75) is 6.42 Å². The third-order valence-electron chi connectivity index (χ3n) is 2.52. The summed E-state index contributed by atoms with van der Waals surface area (Å²) in [5.41, 5.74) is 6.63. The van der Waals surface area contributed by atoms with Gasteiger partial charge in [0.15, 0.2) is 11.5 Å². The van der Waals surface area contributed by atoms with Crippen molar-refractivity contribution >= 4 is 17.2 Å². The van der Waals surface area contributed by atoms with Crippen LogP contribution >= 0.6 is 11.3 Å². The number of rotatable bonds is 1. The van der Waals surface area contributed by atoms with Gasteiger partial charge in [-0.15, -0.1) is 11.3 Å². The van der Waals surface area contributed by atoms with Gasteiger partial charge in [-0.25, -0.2) is 4.98 Å². The monoisotopic (exact) mass is 248 g/mol. The van der Waals surface area contributed by atoms with Crippen LogP contribution in [0.2, 0.25) is 0 Å². The van der Waals surface area contributed by atoms with Crippen LogP contribution in [-0.2, 0) is 0 Å². The molecule has 0 amide bonds. The second-order valence-electron chi connectivity index (χ2n) is 3.79. The molecule has 0 spiro atoms. The average Bonchev–Trinajstić information content (AvgIpc) is 2.64. The molecule has 0 fully saturated rings. The van der Waals surface area contributed by atoms with Crippen molar-refractivity contribution in [2.24, 2.45) is 0 Å². The van der Waals surface area contributed by atoms with Crippen LogP contribution in [0.5, 0.6) is 11.5 Å². The summed E-state index contributed by atoms with van der Waals surface area (Å²) in [7, 11) is 0. The Bertz CT molecular complexity index is 539. The zero-order valence-corrected chi connectivity index (χ0v) is 10.00. The number of ether oxygens (including phenoxy) is 2. The quantitative estimate of drug-likeness (QED) is 0.842. The van der Waals surface area contributed by atoms with E-state index in [9.17, 15) is 0 Å². The third-order valence-corrected chi connectivity index (χ3v) is 3.43. The van der Waals surface area contributed by atoms with Gasteiger partial charge >= 0.3 is 0 Å². The number of nitrogens with zero attached hydrogens (tertiary/aromatic N) is 1. The number of benzene rings is 1. The van der Waals surface area contributed by atoms with Crippen LogP contribution in [0.4, 0.5) is 5.82 Å². The highest BCUT2D eigenvalue weighted by atomic mass is 32.1. The highest BCUT2D eigenvalue weighted by molar-refractivity contribution is 7.13. The second kappa shape index (κ2) is 4.25. The summed E-state index contributed by atoms with van der Waals surface area (Å²) in [4.78, 5) is 4.25. The molecule has 2 heterocycles. The zero-order valence-electron chi connectivity index (χ0n) is 9.18. The Morgan fingerprint density at radius 3 is 2.76 bits per heavy atom. The Morgan fingerprint density at radius 2 is 2.00 bits per heavy atom. The molecule has 1 aromatic heterocycles. The molecule has 4 nitrogen and oxygen atoms in total. The maximum atomic E-state index is 5.64. The number of nitrogen functional groups attached to an aromatic ring is 1. The molecule has 0 atom stereocenters. The molecule has 88 valence electrons. The van der Waals surface area contributed by atoms with Crippen molar-refractivity contribution in [1.82, 2.24) is 4.98 Å². The fraction of sp³-hybridized carbons (Fsp3) is 0.250. The van der Waals surface area contributed by atoms with Gasteiger partial charge in [0, 0.05) is 17.4 Å². The molecule has 17 heavy (non-hydrogen) atoms. The summed E-state index contributed by atoms with van der Waals surface area (Å²) in [6.07, 6.45) is 0.911. The lowest BCUT2D eigenvalue weighted by atomic mass is 10.2. The maximum Gasteiger partial charge on any atom is 0.161 e. The van der Waals surface area contributed by atoms with Crippen LogP contribution < -0.4 is 15.2 Å². The van der Waals surface area contributed by atoms with Gasteiger partial charge in [0.1, 0.15) is 10.8 Å². The van der Waals surface area contributed by atoms with Gasteiger partial charge in [-0.2, -0.15) is 0 Å². The Hall–Kier alpha value is -1.75. The van der Waals surface area contributed by atoms with E-state index in [-0.39, 0.29) is 0 Å². The molecule has 0 aliphatic carbocycles. The van der Waals surface area contributed by atoms with E-state index in [1.54, 1.807) is 0 Å². The molecule has 3 rings (SSSR count). The minimum Gasteiger partial charge on any atom is -0.490 e. The lowest BCUT2D eigenvalue weighted by Gasteiger charge is -2.07. The van der Waals surface area contributed by atoms with Crippen molar-refractivity contribution in [1.29, 1.82) is 0 Å². The highest BCUT2D eigenvalue weighted by Gasteiger charge is 2.12. The van der Waals surface area contributed by atoms with Gasteiger partial charge in [0.25, 0.3) is 0 Å². The smallest absolute Gasteiger partial charge is 0.161 e. The number of nitrogens with two attached hydrogens (primary N) is 1. The number of hydrogen-bond acceptors (Lipinski definition) is 5. The van der Waals surface area contributed by atoms with E-state index < -0.39 is 0 Å². The minimum atomic E-state index is 0.553. The number of aromatic nitrogens is 1. The molecule has 5 heteroatoms. The first-order chi connectivity index (χ1) is 8.33. The van der Waals surface area contributed by atoms with Crippen molar-refractivity contribution in [3.63, 3.8) is 0 Å². The van der Waals surface area contributed by atoms with Crippen LogP contribution in [0.25, 0.3) is 10.6 Å². The predicted molar refractivity (Wildman–Crippen MR) is 67.6 cm³/mol. The number of thiazole rings is 1. The van der Waals surface area contributed by atoms with E-state index in [2.05, 4.69) is 4.98 Å². The summed E-state index contributed by atoms with van der Waals surface area (Å²) in [5, 5.41) is 2.73. The normalized spacial score (nSPS) is 14.4. The van der Waals surface area contributed by atoms with E-state index in [0.29, 0.717) is 19.0 Å². The molecule has 2 aromatic rings. The first kappa shape index (κ1) is 10.4. The van der Waals surface area contributed by atoms with E-state index in [4.69, 9.17) is 15.2 Å². The number of fused-ring (bicyclic) bond motifs is 1. The van der Waals surface area contributed by atoms with Crippen molar-refractivity contribution in [2.75, 3.05) is 18.9 Å². The van der Waals surface area contributed by atoms with Gasteiger partial charge in [-0.1, -0.05) is 0 Å². The molecule has 0 radical (unpaired) electrons. The molecule has 1 aliphatic heterocycles. The van der Waals surface area contributed by atoms with E-state index >= 15 is 0 Å². The first-order valence-electron chi connectivity index (χ1n) is 5.44. The number of hydrogen-bond donors (Lipinski definition) is 1. The minimum absolute atomic E-state index is 0.553. The average molecular weight is 248 g/mol. The van der Waals surface area contributed by atoms with Crippen molar-refractivity contribution in [3.05, 3.63) is 23.6 Å². The van der Waals surface area contributed by atoms with Crippen LogP contribution in [0, 0.1) is 0 Å². The summed E-state index contributed by atoms with van der Waals surface area (Å²) >= 11 is 1.53. The first-order valence-corrected chi connectivity index (χ1v) is 6.32. The fourth-order valence-electron chi connectivity index (χ4n) is 1.72. The summed E-state index contributed by atoms with van der Waals surface area (Å²) in [6.45, 7) is 1.40. The van der Waals surface area contributed by atoms with Crippen LogP contribution in [0.1, 0.15) is 6.42 Å². The summed E-state index contributed by atoms with van der Waals surface area (Å²) in [5.74, 6) is 2.14. The van der Waals surface area contributed by atoms with Gasteiger partial charge in [0.05, 0.1) is 13.2 Å². The van der Waals surface area contributed by atoms with Gasteiger partial charge in [-0.3, -0.25) is 0 Å². The summed E-state index contributed by atoms with van der Waals surface area (Å²) in [6, 6.07) is 5.86. The Kier molecular flexibility index (Phi) is 2.60. The molecule has 0 saturated heterocycles. The van der Waals surface area contributed by atoms with Crippen LogP contribution in [0.3, 0.4) is 0 Å². The molecular formula is C12H12N2O2S.